The zero-order valence-corrected chi connectivity index (χ0v) is 9.98. The maximum Gasteiger partial charge on any atom is 0.223 e. The van der Waals surface area contributed by atoms with Gasteiger partial charge in [-0.25, -0.2) is 4.98 Å². The molecule has 2 rings (SSSR count). The fourth-order valence-electron chi connectivity index (χ4n) is 1.97. The van der Waals surface area contributed by atoms with E-state index in [-0.39, 0.29) is 18.1 Å². The molecule has 0 aromatic carbocycles. The van der Waals surface area contributed by atoms with Gasteiger partial charge >= 0.3 is 0 Å². The van der Waals surface area contributed by atoms with Crippen LogP contribution in [0.1, 0.15) is 44.5 Å². The minimum Gasteiger partial charge on any atom is -0.378 e. The lowest BCUT2D eigenvalue weighted by atomic mass is 10.1. The molecule has 2 atom stereocenters. The summed E-state index contributed by atoms with van der Waals surface area (Å²) in [5.41, 5.74) is 0. The summed E-state index contributed by atoms with van der Waals surface area (Å²) in [4.78, 5) is 15.8. The van der Waals surface area contributed by atoms with Crippen molar-refractivity contribution < 1.29 is 9.53 Å². The summed E-state index contributed by atoms with van der Waals surface area (Å²) >= 11 is 0. The number of hydrogen-bond donors (Lipinski definition) is 2. The number of rotatable bonds is 4. The molecule has 6 heteroatoms. The van der Waals surface area contributed by atoms with E-state index in [1.165, 1.54) is 6.33 Å². The third kappa shape index (κ3) is 3.52. The molecule has 1 aliphatic rings. The molecule has 2 unspecified atom stereocenters. The quantitative estimate of drug-likeness (QED) is 0.818. The van der Waals surface area contributed by atoms with Crippen LogP contribution in [0.4, 0.5) is 0 Å². The Kier molecular flexibility index (Phi) is 4.08. The Balaban J connectivity index is 1.76. The smallest absolute Gasteiger partial charge is 0.223 e. The predicted molar refractivity (Wildman–Crippen MR) is 61.1 cm³/mol. The molecule has 0 bridgehead atoms. The molecule has 1 saturated heterocycles. The second-order valence-corrected chi connectivity index (χ2v) is 4.35. The van der Waals surface area contributed by atoms with Gasteiger partial charge in [0, 0.05) is 6.61 Å². The fraction of sp³-hybridized carbons (Fsp3) is 0.727. The van der Waals surface area contributed by atoms with Crippen LogP contribution in [-0.2, 0) is 9.53 Å². The van der Waals surface area contributed by atoms with Crippen LogP contribution < -0.4 is 5.32 Å². The van der Waals surface area contributed by atoms with Gasteiger partial charge in [-0.05, 0) is 26.2 Å². The van der Waals surface area contributed by atoms with Crippen LogP contribution >= 0.6 is 0 Å². The summed E-state index contributed by atoms with van der Waals surface area (Å²) in [6, 6.07) is -0.145. The first-order valence-electron chi connectivity index (χ1n) is 6.02. The number of nitrogens with zero attached hydrogens (tertiary/aromatic N) is 2. The highest BCUT2D eigenvalue weighted by molar-refractivity contribution is 5.76. The summed E-state index contributed by atoms with van der Waals surface area (Å²) in [6.07, 6.45) is 5.16. The third-order valence-corrected chi connectivity index (χ3v) is 2.91. The molecule has 0 spiro atoms. The van der Waals surface area contributed by atoms with Gasteiger partial charge in [-0.1, -0.05) is 0 Å². The van der Waals surface area contributed by atoms with Gasteiger partial charge in [0.1, 0.15) is 12.2 Å². The molecule has 0 radical (unpaired) electrons. The van der Waals surface area contributed by atoms with Crippen molar-refractivity contribution in [1.82, 2.24) is 20.5 Å². The lowest BCUT2D eigenvalue weighted by Gasteiger charge is -2.22. The topological polar surface area (TPSA) is 79.9 Å². The lowest BCUT2D eigenvalue weighted by Crippen LogP contribution is -2.32. The van der Waals surface area contributed by atoms with Gasteiger partial charge in [0.15, 0.2) is 0 Å². The van der Waals surface area contributed by atoms with Crippen LogP contribution in [-0.4, -0.2) is 33.8 Å². The van der Waals surface area contributed by atoms with E-state index in [0.29, 0.717) is 12.2 Å². The van der Waals surface area contributed by atoms with E-state index in [1.54, 1.807) is 0 Å². The molecule has 2 N–H and O–H groups in total. The second-order valence-electron chi connectivity index (χ2n) is 4.35. The Morgan fingerprint density at radius 1 is 1.71 bits per heavy atom. The van der Waals surface area contributed by atoms with Crippen molar-refractivity contribution in [2.75, 3.05) is 6.61 Å². The molecule has 2 heterocycles. The number of nitrogens with one attached hydrogen (secondary N) is 2. The maximum absolute atomic E-state index is 11.8. The van der Waals surface area contributed by atoms with Crippen LogP contribution in [0, 0.1) is 0 Å². The molecule has 1 aliphatic heterocycles. The number of aromatic amines is 1. The molecule has 1 fully saturated rings. The number of H-pyrrole nitrogens is 1. The molecule has 1 aromatic heterocycles. The van der Waals surface area contributed by atoms with Crippen molar-refractivity contribution in [2.45, 2.75) is 44.8 Å². The molecule has 1 aromatic rings. The average Bonchev–Trinajstić information content (AvgIpc) is 2.83. The monoisotopic (exact) mass is 238 g/mol. The van der Waals surface area contributed by atoms with Gasteiger partial charge in [-0.3, -0.25) is 9.89 Å². The molecule has 17 heavy (non-hydrogen) atoms. The number of carbonyl (C=O) groups is 1. The maximum atomic E-state index is 11.8. The van der Waals surface area contributed by atoms with Crippen molar-refractivity contribution >= 4 is 5.91 Å². The normalized spacial score (nSPS) is 22.1. The third-order valence-electron chi connectivity index (χ3n) is 2.91. The molecule has 1 amide bonds. The van der Waals surface area contributed by atoms with E-state index >= 15 is 0 Å². The van der Waals surface area contributed by atoms with Crippen LogP contribution in [0.3, 0.4) is 0 Å². The van der Waals surface area contributed by atoms with Gasteiger partial charge < -0.3 is 10.1 Å². The standard InChI is InChI=1S/C11H18N4O2/c1-8(11-12-7-13-15-11)14-10(16)6-9-4-2-3-5-17-9/h7-9H,2-6H2,1H3,(H,14,16)(H,12,13,15). The van der Waals surface area contributed by atoms with Gasteiger partial charge in [-0.2, -0.15) is 5.10 Å². The molecular formula is C11H18N4O2. The van der Waals surface area contributed by atoms with Gasteiger partial charge in [0.25, 0.3) is 0 Å². The summed E-state index contributed by atoms with van der Waals surface area (Å²) in [5, 5.41) is 9.37. The summed E-state index contributed by atoms with van der Waals surface area (Å²) in [6.45, 7) is 2.65. The lowest BCUT2D eigenvalue weighted by molar-refractivity contribution is -0.125. The first-order chi connectivity index (χ1) is 8.25. The van der Waals surface area contributed by atoms with Crippen LogP contribution in [0.15, 0.2) is 6.33 Å². The highest BCUT2D eigenvalue weighted by Gasteiger charge is 2.19. The minimum absolute atomic E-state index is 0.000741. The first-order valence-corrected chi connectivity index (χ1v) is 6.02. The molecular weight excluding hydrogens is 220 g/mol. The SMILES string of the molecule is CC(NC(=O)CC1CCCCO1)c1ncn[nH]1. The molecule has 0 aliphatic carbocycles. The Labute approximate surface area is 100 Å². The van der Waals surface area contributed by atoms with Crippen molar-refractivity contribution in [3.05, 3.63) is 12.2 Å². The van der Waals surface area contributed by atoms with Crippen molar-refractivity contribution in [2.24, 2.45) is 0 Å². The Hall–Kier alpha value is -1.43. The van der Waals surface area contributed by atoms with Crippen LogP contribution in [0.25, 0.3) is 0 Å². The number of carbonyl (C=O) groups excluding carboxylic acids is 1. The highest BCUT2D eigenvalue weighted by Crippen LogP contribution is 2.16. The number of amides is 1. The van der Waals surface area contributed by atoms with Crippen molar-refractivity contribution in [3.63, 3.8) is 0 Å². The molecule has 94 valence electrons. The van der Waals surface area contributed by atoms with Crippen LogP contribution in [0.5, 0.6) is 0 Å². The Bertz CT molecular complexity index is 346. The fourth-order valence-corrected chi connectivity index (χ4v) is 1.97. The van der Waals surface area contributed by atoms with E-state index in [9.17, 15) is 4.79 Å². The second kappa shape index (κ2) is 5.77. The van der Waals surface area contributed by atoms with Gasteiger partial charge in [0.2, 0.25) is 5.91 Å². The molecule has 6 nitrogen and oxygen atoms in total. The summed E-state index contributed by atoms with van der Waals surface area (Å²) in [7, 11) is 0. The summed E-state index contributed by atoms with van der Waals surface area (Å²) < 4.78 is 5.52. The summed E-state index contributed by atoms with van der Waals surface area (Å²) in [5.74, 6) is 0.670. The van der Waals surface area contributed by atoms with Crippen LogP contribution in [0.2, 0.25) is 0 Å². The number of hydrogen-bond acceptors (Lipinski definition) is 4. The van der Waals surface area contributed by atoms with E-state index in [1.807, 2.05) is 6.92 Å². The van der Waals surface area contributed by atoms with Gasteiger partial charge in [-0.15, -0.1) is 0 Å². The van der Waals surface area contributed by atoms with E-state index in [4.69, 9.17) is 4.74 Å². The van der Waals surface area contributed by atoms with E-state index in [2.05, 4.69) is 20.5 Å². The van der Waals surface area contributed by atoms with Crippen molar-refractivity contribution in [1.29, 1.82) is 0 Å². The average molecular weight is 238 g/mol. The van der Waals surface area contributed by atoms with Crippen molar-refractivity contribution in [3.8, 4) is 0 Å². The van der Waals surface area contributed by atoms with E-state index in [0.717, 1.165) is 25.9 Å². The predicted octanol–water partition coefficient (Wildman–Crippen LogP) is 0.941. The zero-order valence-electron chi connectivity index (χ0n) is 9.98. The highest BCUT2D eigenvalue weighted by atomic mass is 16.5. The number of ether oxygens (including phenoxy) is 1. The minimum atomic E-state index is -0.145. The van der Waals surface area contributed by atoms with E-state index < -0.39 is 0 Å². The largest absolute Gasteiger partial charge is 0.378 e. The Morgan fingerprint density at radius 3 is 3.24 bits per heavy atom. The Morgan fingerprint density at radius 2 is 2.59 bits per heavy atom. The first kappa shape index (κ1) is 12.0. The number of aromatic nitrogens is 3. The van der Waals surface area contributed by atoms with Gasteiger partial charge in [0.05, 0.1) is 18.6 Å². The molecule has 0 saturated carbocycles. The zero-order chi connectivity index (χ0) is 12.1.